The molecule has 0 aromatic carbocycles. The molecule has 5 nitrogen and oxygen atoms in total. The number of hydrogen-bond donors (Lipinski definition) is 1. The van der Waals surface area contributed by atoms with E-state index in [0.717, 1.165) is 6.08 Å². The van der Waals surface area contributed by atoms with Crippen molar-refractivity contribution in [3.63, 3.8) is 0 Å². The van der Waals surface area contributed by atoms with Crippen molar-refractivity contribution in [2.45, 2.75) is 39.7 Å². The molecule has 0 aliphatic rings. The third-order valence-electron chi connectivity index (χ3n) is 1.99. The van der Waals surface area contributed by atoms with Gasteiger partial charge in [0, 0.05) is 11.8 Å². The molecule has 0 aromatic heterocycles. The van der Waals surface area contributed by atoms with Crippen molar-refractivity contribution >= 4 is 11.9 Å². The van der Waals surface area contributed by atoms with Gasteiger partial charge in [0.05, 0.1) is 13.0 Å². The molecule has 17 heavy (non-hydrogen) atoms. The average Bonchev–Trinajstić information content (AvgIpc) is 2.15. The molecule has 2 N–H and O–H groups in total. The quantitative estimate of drug-likeness (QED) is 0.596. The second-order valence-electron chi connectivity index (χ2n) is 4.66. The molecule has 0 heterocycles. The summed E-state index contributed by atoms with van der Waals surface area (Å²) in [5, 5.41) is 0. The first kappa shape index (κ1) is 15.5. The monoisotopic (exact) mass is 243 g/mol. The van der Waals surface area contributed by atoms with Gasteiger partial charge in [-0.25, -0.2) is 4.79 Å². The van der Waals surface area contributed by atoms with Crippen molar-refractivity contribution in [2.24, 2.45) is 11.7 Å². The smallest absolute Gasteiger partial charge is 0.332 e. The van der Waals surface area contributed by atoms with Crippen LogP contribution >= 0.6 is 0 Å². The molecule has 0 saturated heterocycles. The Kier molecular flexibility index (Phi) is 5.71. The zero-order valence-corrected chi connectivity index (χ0v) is 11.1. The fourth-order valence-electron chi connectivity index (χ4n) is 1.21. The Morgan fingerprint density at radius 3 is 2.24 bits per heavy atom. The summed E-state index contributed by atoms with van der Waals surface area (Å²) in [4.78, 5) is 22.8. The minimum absolute atomic E-state index is 0.161. The Hall–Kier alpha value is -1.52. The van der Waals surface area contributed by atoms with E-state index >= 15 is 0 Å². The van der Waals surface area contributed by atoms with Gasteiger partial charge in [-0.2, -0.15) is 0 Å². The van der Waals surface area contributed by atoms with Crippen molar-refractivity contribution in [2.75, 3.05) is 7.11 Å². The van der Waals surface area contributed by atoms with E-state index in [4.69, 9.17) is 10.5 Å². The van der Waals surface area contributed by atoms with E-state index in [2.05, 4.69) is 4.74 Å². The van der Waals surface area contributed by atoms with E-state index in [9.17, 15) is 9.59 Å². The standard InChI is InChI=1S/C12H21NO4/c1-6-8(9(13)7-10(14)16-5)11(15)17-12(2,3)4/h7-8H,6,13H2,1-5H3/b9-7-. The number of carbonyl (C=O) groups excluding carboxylic acids is 2. The second kappa shape index (κ2) is 6.27. The topological polar surface area (TPSA) is 78.6 Å². The summed E-state index contributed by atoms with van der Waals surface area (Å²) < 4.78 is 9.66. The maximum atomic E-state index is 11.8. The van der Waals surface area contributed by atoms with Gasteiger partial charge in [0.2, 0.25) is 0 Å². The number of ether oxygens (including phenoxy) is 2. The molecule has 0 spiro atoms. The predicted octanol–water partition coefficient (Wildman–Crippen LogP) is 1.37. The SMILES string of the molecule is CCC(C(=O)OC(C)(C)C)/C(N)=C/C(=O)OC. The van der Waals surface area contributed by atoms with Crippen LogP contribution in [0, 0.1) is 5.92 Å². The molecule has 0 aromatic rings. The van der Waals surface area contributed by atoms with Crippen LogP contribution in [-0.4, -0.2) is 24.6 Å². The number of esters is 2. The predicted molar refractivity (Wildman–Crippen MR) is 63.9 cm³/mol. The molecule has 0 aliphatic carbocycles. The van der Waals surface area contributed by atoms with E-state index in [-0.39, 0.29) is 5.70 Å². The Balaban J connectivity index is 4.78. The molecule has 0 bridgehead atoms. The normalized spacial score (nSPS) is 14.1. The maximum Gasteiger partial charge on any atom is 0.332 e. The van der Waals surface area contributed by atoms with Crippen LogP contribution in [0.2, 0.25) is 0 Å². The fourth-order valence-corrected chi connectivity index (χ4v) is 1.21. The van der Waals surface area contributed by atoms with Gasteiger partial charge in [-0.1, -0.05) is 6.92 Å². The Labute approximate surface area is 102 Å². The molecule has 0 amide bonds. The molecule has 0 rings (SSSR count). The van der Waals surface area contributed by atoms with Gasteiger partial charge in [-0.15, -0.1) is 0 Å². The third-order valence-corrected chi connectivity index (χ3v) is 1.99. The highest BCUT2D eigenvalue weighted by Crippen LogP contribution is 2.17. The first-order valence-electron chi connectivity index (χ1n) is 5.49. The van der Waals surface area contributed by atoms with E-state index < -0.39 is 23.5 Å². The van der Waals surface area contributed by atoms with Gasteiger partial charge >= 0.3 is 11.9 Å². The zero-order valence-electron chi connectivity index (χ0n) is 11.1. The number of rotatable bonds is 4. The third kappa shape index (κ3) is 5.94. The molecule has 0 saturated carbocycles. The minimum atomic E-state index is -0.617. The van der Waals surface area contributed by atoms with Gasteiger partial charge in [-0.05, 0) is 27.2 Å². The highest BCUT2D eigenvalue weighted by molar-refractivity contribution is 5.85. The molecule has 0 radical (unpaired) electrons. The number of methoxy groups -OCH3 is 1. The van der Waals surface area contributed by atoms with Crippen molar-refractivity contribution < 1.29 is 19.1 Å². The maximum absolute atomic E-state index is 11.8. The van der Waals surface area contributed by atoms with Crippen LogP contribution in [0.15, 0.2) is 11.8 Å². The van der Waals surface area contributed by atoms with Gasteiger partial charge in [0.1, 0.15) is 5.60 Å². The molecule has 1 atom stereocenters. The Morgan fingerprint density at radius 1 is 1.35 bits per heavy atom. The lowest BCUT2D eigenvalue weighted by Gasteiger charge is -2.23. The summed E-state index contributed by atoms with van der Waals surface area (Å²) in [5.41, 5.74) is 5.27. The fraction of sp³-hybridized carbons (Fsp3) is 0.667. The van der Waals surface area contributed by atoms with Crippen LogP contribution in [0.1, 0.15) is 34.1 Å². The molecular formula is C12H21NO4. The number of hydrogen-bond acceptors (Lipinski definition) is 5. The summed E-state index contributed by atoms with van der Waals surface area (Å²) in [6.07, 6.45) is 1.58. The second-order valence-corrected chi connectivity index (χ2v) is 4.66. The zero-order chi connectivity index (χ0) is 13.6. The largest absolute Gasteiger partial charge is 0.466 e. The lowest BCUT2D eigenvalue weighted by molar-refractivity contribution is -0.158. The highest BCUT2D eigenvalue weighted by Gasteiger charge is 2.26. The Morgan fingerprint density at radius 2 is 1.88 bits per heavy atom. The average molecular weight is 243 g/mol. The summed E-state index contributed by atoms with van der Waals surface area (Å²) in [6.45, 7) is 7.13. The van der Waals surface area contributed by atoms with Crippen LogP contribution in [0.3, 0.4) is 0 Å². The van der Waals surface area contributed by atoms with Crippen molar-refractivity contribution in [1.82, 2.24) is 0 Å². The van der Waals surface area contributed by atoms with Crippen molar-refractivity contribution in [3.8, 4) is 0 Å². The van der Waals surface area contributed by atoms with Gasteiger partial charge in [0.25, 0.3) is 0 Å². The molecule has 0 fully saturated rings. The Bertz CT molecular complexity index is 315. The lowest BCUT2D eigenvalue weighted by atomic mass is 10.0. The van der Waals surface area contributed by atoms with Crippen molar-refractivity contribution in [1.29, 1.82) is 0 Å². The highest BCUT2D eigenvalue weighted by atomic mass is 16.6. The minimum Gasteiger partial charge on any atom is -0.466 e. The molecule has 1 unspecified atom stereocenters. The number of carbonyl (C=O) groups is 2. The van der Waals surface area contributed by atoms with Crippen LogP contribution in [-0.2, 0) is 19.1 Å². The summed E-state index contributed by atoms with van der Waals surface area (Å²) in [6, 6.07) is 0. The lowest BCUT2D eigenvalue weighted by Crippen LogP contribution is -2.31. The molecule has 0 aliphatic heterocycles. The first-order valence-corrected chi connectivity index (χ1v) is 5.49. The van der Waals surface area contributed by atoms with E-state index in [1.807, 2.05) is 0 Å². The van der Waals surface area contributed by atoms with E-state index in [1.165, 1.54) is 7.11 Å². The van der Waals surface area contributed by atoms with Crippen LogP contribution in [0.4, 0.5) is 0 Å². The van der Waals surface area contributed by atoms with Gasteiger partial charge in [-0.3, -0.25) is 4.79 Å². The summed E-state index contributed by atoms with van der Waals surface area (Å²) >= 11 is 0. The van der Waals surface area contributed by atoms with Crippen LogP contribution in [0.5, 0.6) is 0 Å². The molecule has 98 valence electrons. The summed E-state index contributed by atoms with van der Waals surface area (Å²) in [5.74, 6) is -1.63. The summed E-state index contributed by atoms with van der Waals surface area (Å²) in [7, 11) is 1.25. The van der Waals surface area contributed by atoms with E-state index in [0.29, 0.717) is 6.42 Å². The number of nitrogens with two attached hydrogens (primary N) is 1. The molecular weight excluding hydrogens is 222 g/mol. The first-order chi connectivity index (χ1) is 7.71. The van der Waals surface area contributed by atoms with Gasteiger partial charge < -0.3 is 15.2 Å². The van der Waals surface area contributed by atoms with E-state index in [1.54, 1.807) is 27.7 Å². The van der Waals surface area contributed by atoms with Crippen LogP contribution < -0.4 is 5.73 Å². The molecule has 5 heteroatoms. The van der Waals surface area contributed by atoms with Crippen LogP contribution in [0.25, 0.3) is 0 Å². The van der Waals surface area contributed by atoms with Crippen molar-refractivity contribution in [3.05, 3.63) is 11.8 Å². The van der Waals surface area contributed by atoms with Gasteiger partial charge in [0.15, 0.2) is 0 Å².